The summed E-state index contributed by atoms with van der Waals surface area (Å²) in [5.41, 5.74) is 1.37. The van der Waals surface area contributed by atoms with Crippen LogP contribution in [0, 0.1) is 11.6 Å². The quantitative estimate of drug-likeness (QED) is 0.261. The molecule has 2 aliphatic heterocycles. The van der Waals surface area contributed by atoms with Crippen LogP contribution >= 0.6 is 15.9 Å². The molecule has 1 aromatic heterocycles. The molecule has 260 valence electrons. The molecule has 3 amide bonds. The van der Waals surface area contributed by atoms with Gasteiger partial charge in [-0.1, -0.05) is 24.3 Å². The summed E-state index contributed by atoms with van der Waals surface area (Å²) in [7, 11) is 1.62. The Bertz CT molecular complexity index is 1560. The van der Waals surface area contributed by atoms with Crippen LogP contribution < -0.4 is 10.6 Å². The minimum absolute atomic E-state index is 0.0752. The molecular weight excluding hydrogens is 690 g/mol. The Hall–Kier alpha value is -3.59. The predicted octanol–water partition coefficient (Wildman–Crippen LogP) is 6.07. The molecular formula is C34H43BrF2N6O5. The SMILES string of the molecule is COCCN1C[C@@H](NC(=O)Nc2c(Br)c(COC3CCN(C(=O)OC(C)(C)C)CC3)nn2-c2ccccc2)[C@H](c2ccc(F)c(F)c2)C1. The van der Waals surface area contributed by atoms with Crippen molar-refractivity contribution in [3.8, 4) is 5.69 Å². The minimum atomic E-state index is -0.926. The number of carbonyl (C=O) groups is 2. The number of anilines is 1. The number of ether oxygens (including phenoxy) is 3. The topological polar surface area (TPSA) is 110 Å². The molecule has 0 radical (unpaired) electrons. The van der Waals surface area contributed by atoms with E-state index < -0.39 is 23.3 Å². The van der Waals surface area contributed by atoms with Gasteiger partial charge in [0.25, 0.3) is 0 Å². The highest BCUT2D eigenvalue weighted by Crippen LogP contribution is 2.32. The van der Waals surface area contributed by atoms with Gasteiger partial charge in [-0.3, -0.25) is 10.2 Å². The third-order valence-electron chi connectivity index (χ3n) is 8.37. The number of urea groups is 1. The lowest BCUT2D eigenvalue weighted by molar-refractivity contribution is -0.0180. The van der Waals surface area contributed by atoms with Crippen LogP contribution in [-0.4, -0.2) is 95.9 Å². The van der Waals surface area contributed by atoms with E-state index in [0.29, 0.717) is 73.7 Å². The summed E-state index contributed by atoms with van der Waals surface area (Å²) in [6.45, 7) is 8.96. The van der Waals surface area contributed by atoms with E-state index in [-0.39, 0.29) is 30.8 Å². The number of hydrogen-bond donors (Lipinski definition) is 2. The molecule has 2 aliphatic rings. The molecule has 14 heteroatoms. The second kappa shape index (κ2) is 15.7. The van der Waals surface area contributed by atoms with E-state index in [1.54, 1.807) is 22.8 Å². The third-order valence-corrected chi connectivity index (χ3v) is 9.20. The fourth-order valence-electron chi connectivity index (χ4n) is 5.96. The van der Waals surface area contributed by atoms with Crippen molar-refractivity contribution in [1.82, 2.24) is 24.9 Å². The zero-order chi connectivity index (χ0) is 34.4. The number of amides is 3. The van der Waals surface area contributed by atoms with Crippen LogP contribution in [0.15, 0.2) is 53.0 Å². The summed E-state index contributed by atoms with van der Waals surface area (Å²) in [5, 5.41) is 10.8. The van der Waals surface area contributed by atoms with Crippen LogP contribution in [0.5, 0.6) is 0 Å². The van der Waals surface area contributed by atoms with Gasteiger partial charge in [0.05, 0.1) is 35.5 Å². The molecule has 0 saturated carbocycles. The van der Waals surface area contributed by atoms with Gasteiger partial charge in [-0.05, 0) is 79.4 Å². The van der Waals surface area contributed by atoms with Crippen molar-refractivity contribution in [2.75, 3.05) is 51.8 Å². The first kappa shape index (κ1) is 35.7. The number of halogens is 3. The van der Waals surface area contributed by atoms with E-state index in [1.807, 2.05) is 51.1 Å². The molecule has 0 unspecified atom stereocenters. The Kier molecular flexibility index (Phi) is 11.7. The average Bonchev–Trinajstić information content (AvgIpc) is 3.59. The third kappa shape index (κ3) is 9.10. The molecule has 2 aromatic carbocycles. The van der Waals surface area contributed by atoms with Crippen LogP contribution in [0.2, 0.25) is 0 Å². The van der Waals surface area contributed by atoms with Crippen LogP contribution in [0.1, 0.15) is 50.8 Å². The Balaban J connectivity index is 1.28. The second-order valence-corrected chi connectivity index (χ2v) is 13.9. The fraction of sp³-hybridized carbons (Fsp3) is 0.500. The van der Waals surface area contributed by atoms with E-state index >= 15 is 0 Å². The van der Waals surface area contributed by atoms with Gasteiger partial charge in [-0.25, -0.2) is 23.1 Å². The molecule has 2 fully saturated rings. The van der Waals surface area contributed by atoms with Gasteiger partial charge in [0, 0.05) is 45.8 Å². The Morgan fingerprint density at radius 3 is 2.44 bits per heavy atom. The molecule has 5 rings (SSSR count). The number of nitrogens with one attached hydrogen (secondary N) is 2. The van der Waals surface area contributed by atoms with Gasteiger partial charge in [-0.2, -0.15) is 5.10 Å². The molecule has 2 saturated heterocycles. The monoisotopic (exact) mass is 732 g/mol. The van der Waals surface area contributed by atoms with Crippen molar-refractivity contribution in [1.29, 1.82) is 0 Å². The number of piperidine rings is 1. The number of aromatic nitrogens is 2. The Morgan fingerprint density at radius 1 is 1.04 bits per heavy atom. The van der Waals surface area contributed by atoms with Gasteiger partial charge < -0.3 is 24.4 Å². The number of hydrogen-bond acceptors (Lipinski definition) is 7. The van der Waals surface area contributed by atoms with Crippen LogP contribution in [0.25, 0.3) is 5.69 Å². The number of carbonyl (C=O) groups excluding carboxylic acids is 2. The highest BCUT2D eigenvalue weighted by Gasteiger charge is 2.36. The fourth-order valence-corrected chi connectivity index (χ4v) is 6.42. The standard InChI is InChI=1S/C34H43BrF2N6O5/c1-34(2,3)48-33(45)42-14-12-24(13-15-42)47-21-29-30(35)31(43(40-29)23-8-6-5-7-9-23)39-32(44)38-28-20-41(16-17-46-4)19-25(28)22-10-11-26(36)27(37)18-22/h5-11,18,24-25,28H,12-17,19-21H2,1-4H3,(H2,38,39,44)/t25-,28+/m0/s1. The first-order valence-electron chi connectivity index (χ1n) is 16.1. The molecule has 0 aliphatic carbocycles. The van der Waals surface area contributed by atoms with E-state index in [4.69, 9.17) is 19.3 Å². The van der Waals surface area contributed by atoms with E-state index in [2.05, 4.69) is 31.5 Å². The maximum Gasteiger partial charge on any atom is 0.410 e. The number of methoxy groups -OCH3 is 1. The normalized spacial score (nSPS) is 19.0. The summed E-state index contributed by atoms with van der Waals surface area (Å²) in [5.74, 6) is -1.70. The second-order valence-electron chi connectivity index (χ2n) is 13.1. The molecule has 2 N–H and O–H groups in total. The van der Waals surface area contributed by atoms with E-state index in [0.717, 1.165) is 11.8 Å². The smallest absolute Gasteiger partial charge is 0.410 e. The zero-order valence-corrected chi connectivity index (χ0v) is 29.3. The van der Waals surface area contributed by atoms with Gasteiger partial charge >= 0.3 is 12.1 Å². The van der Waals surface area contributed by atoms with E-state index in [9.17, 15) is 18.4 Å². The molecule has 3 aromatic rings. The van der Waals surface area contributed by atoms with E-state index in [1.165, 1.54) is 6.07 Å². The summed E-state index contributed by atoms with van der Waals surface area (Å²) >= 11 is 3.65. The highest BCUT2D eigenvalue weighted by molar-refractivity contribution is 9.10. The Morgan fingerprint density at radius 2 is 1.77 bits per heavy atom. The summed E-state index contributed by atoms with van der Waals surface area (Å²) in [4.78, 5) is 29.9. The van der Waals surface area contributed by atoms with Crippen molar-refractivity contribution in [2.45, 2.75) is 63.9 Å². The van der Waals surface area contributed by atoms with Crippen molar-refractivity contribution in [3.05, 3.63) is 75.9 Å². The first-order valence-corrected chi connectivity index (χ1v) is 16.9. The van der Waals surface area contributed by atoms with Crippen molar-refractivity contribution in [2.24, 2.45) is 0 Å². The maximum absolute atomic E-state index is 14.2. The van der Waals surface area contributed by atoms with Crippen LogP contribution in [-0.2, 0) is 20.8 Å². The minimum Gasteiger partial charge on any atom is -0.444 e. The average molecular weight is 734 g/mol. The van der Waals surface area contributed by atoms with Gasteiger partial charge in [-0.15, -0.1) is 0 Å². The van der Waals surface area contributed by atoms with Crippen molar-refractivity contribution in [3.63, 3.8) is 0 Å². The Labute approximate surface area is 288 Å². The summed E-state index contributed by atoms with van der Waals surface area (Å²) in [6.07, 6.45) is 0.918. The predicted molar refractivity (Wildman–Crippen MR) is 180 cm³/mol. The highest BCUT2D eigenvalue weighted by atomic mass is 79.9. The summed E-state index contributed by atoms with van der Waals surface area (Å²) in [6, 6.07) is 12.4. The molecule has 0 bridgehead atoms. The van der Waals surface area contributed by atoms with Crippen LogP contribution in [0.4, 0.5) is 24.2 Å². The van der Waals surface area contributed by atoms with Crippen LogP contribution in [0.3, 0.4) is 0 Å². The van der Waals surface area contributed by atoms with Gasteiger partial charge in [0.15, 0.2) is 17.5 Å². The van der Waals surface area contributed by atoms with Gasteiger partial charge in [0.1, 0.15) is 11.3 Å². The largest absolute Gasteiger partial charge is 0.444 e. The molecule has 0 spiro atoms. The zero-order valence-electron chi connectivity index (χ0n) is 27.7. The lowest BCUT2D eigenvalue weighted by atomic mass is 9.94. The maximum atomic E-state index is 14.2. The number of nitrogens with zero attached hydrogens (tertiary/aromatic N) is 4. The lowest BCUT2D eigenvalue weighted by Gasteiger charge is -2.33. The summed E-state index contributed by atoms with van der Waals surface area (Å²) < 4.78 is 47.1. The van der Waals surface area contributed by atoms with Crippen molar-refractivity contribution >= 4 is 33.9 Å². The number of benzene rings is 2. The molecule has 3 heterocycles. The molecule has 48 heavy (non-hydrogen) atoms. The number of para-hydroxylation sites is 1. The number of rotatable bonds is 10. The lowest BCUT2D eigenvalue weighted by Crippen LogP contribution is -2.43. The van der Waals surface area contributed by atoms with Crippen molar-refractivity contribution < 1.29 is 32.6 Å². The number of likely N-dealkylation sites (tertiary alicyclic amines) is 2. The molecule has 2 atom stereocenters. The van der Waals surface area contributed by atoms with Gasteiger partial charge in [0.2, 0.25) is 0 Å². The first-order chi connectivity index (χ1) is 22.9. The molecule has 11 nitrogen and oxygen atoms in total.